The van der Waals surface area contributed by atoms with E-state index in [1.807, 2.05) is 0 Å². The van der Waals surface area contributed by atoms with E-state index in [4.69, 9.17) is 5.73 Å². The second-order valence-electron chi connectivity index (χ2n) is 4.47. The summed E-state index contributed by atoms with van der Waals surface area (Å²) in [4.78, 5) is 17.9. The Bertz CT molecular complexity index is 386. The van der Waals surface area contributed by atoms with E-state index >= 15 is 0 Å². The third kappa shape index (κ3) is 6.93. The third-order valence-electron chi connectivity index (χ3n) is 3.11. The molecule has 1 aromatic rings. The zero-order chi connectivity index (χ0) is 13.5. The molecule has 0 saturated heterocycles. The van der Waals surface area contributed by atoms with E-state index < -0.39 is 0 Å². The molecule has 1 aromatic heterocycles. The number of carbonyl (C=O) groups excluding carboxylic acids is 1. The van der Waals surface area contributed by atoms with E-state index in [1.54, 1.807) is 12.1 Å². The third-order valence-corrected chi connectivity index (χ3v) is 3.11. The van der Waals surface area contributed by atoms with E-state index in [9.17, 15) is 4.79 Å². The van der Waals surface area contributed by atoms with Gasteiger partial charge in [-0.1, -0.05) is 6.92 Å². The van der Waals surface area contributed by atoms with E-state index in [0.29, 0.717) is 24.0 Å². The molecule has 7 heteroatoms. The van der Waals surface area contributed by atoms with Gasteiger partial charge in [-0.25, -0.2) is 4.98 Å². The number of amides is 1. The number of hydrogen-bond donors (Lipinski definition) is 2. The Kier molecular flexibility index (Phi) is 11.4. The van der Waals surface area contributed by atoms with Crippen LogP contribution in [0.4, 0.5) is 5.69 Å². The molecule has 0 saturated carbocycles. The summed E-state index contributed by atoms with van der Waals surface area (Å²) in [5.74, 6) is -0.160. The Morgan fingerprint density at radius 1 is 1.45 bits per heavy atom. The first-order chi connectivity index (χ1) is 8.54. The van der Waals surface area contributed by atoms with Gasteiger partial charge in [0.05, 0.1) is 11.9 Å². The summed E-state index contributed by atoms with van der Waals surface area (Å²) in [5.41, 5.74) is 6.47. The van der Waals surface area contributed by atoms with Crippen LogP contribution < -0.4 is 11.1 Å². The van der Waals surface area contributed by atoms with Crippen molar-refractivity contribution in [3.05, 3.63) is 24.0 Å². The maximum absolute atomic E-state index is 11.7. The summed E-state index contributed by atoms with van der Waals surface area (Å²) in [7, 11) is 2.06. The number of hydrogen-bond acceptors (Lipinski definition) is 4. The number of halogens is 2. The van der Waals surface area contributed by atoms with Gasteiger partial charge in [0.2, 0.25) is 0 Å². The average molecular weight is 323 g/mol. The lowest BCUT2D eigenvalue weighted by Crippen LogP contribution is -2.37. The van der Waals surface area contributed by atoms with Gasteiger partial charge in [-0.05, 0) is 32.5 Å². The molecule has 1 amide bonds. The average Bonchev–Trinajstić information content (AvgIpc) is 2.38. The molecule has 0 aliphatic rings. The van der Waals surface area contributed by atoms with E-state index in [0.717, 1.165) is 13.0 Å². The molecule has 0 aliphatic heterocycles. The van der Waals surface area contributed by atoms with E-state index in [1.165, 1.54) is 6.20 Å². The summed E-state index contributed by atoms with van der Waals surface area (Å²) in [5, 5.41) is 2.84. The highest BCUT2D eigenvalue weighted by Crippen LogP contribution is 2.01. The maximum atomic E-state index is 11.7. The van der Waals surface area contributed by atoms with Crippen molar-refractivity contribution in [1.82, 2.24) is 15.2 Å². The molecule has 1 rings (SSSR count). The van der Waals surface area contributed by atoms with E-state index in [-0.39, 0.29) is 30.7 Å². The minimum atomic E-state index is -0.160. The minimum Gasteiger partial charge on any atom is -0.397 e. The van der Waals surface area contributed by atoms with Crippen LogP contribution >= 0.6 is 24.8 Å². The van der Waals surface area contributed by atoms with Crippen LogP contribution in [0.25, 0.3) is 0 Å². The predicted octanol–water partition coefficient (Wildman–Crippen LogP) is 1.97. The monoisotopic (exact) mass is 322 g/mol. The van der Waals surface area contributed by atoms with Gasteiger partial charge in [0.1, 0.15) is 5.69 Å². The Morgan fingerprint density at radius 3 is 2.60 bits per heavy atom. The SMILES string of the molecule is CCC(C)N(C)CCNC(=O)c1ccc(N)cn1.Cl.Cl. The molecule has 20 heavy (non-hydrogen) atoms. The van der Waals surface area contributed by atoms with Crippen molar-refractivity contribution in [3.8, 4) is 0 Å². The minimum absolute atomic E-state index is 0. The second-order valence-corrected chi connectivity index (χ2v) is 4.47. The second kappa shape index (κ2) is 10.7. The highest BCUT2D eigenvalue weighted by Gasteiger charge is 2.09. The molecule has 0 spiro atoms. The number of rotatable bonds is 6. The number of nitrogen functional groups attached to an aromatic ring is 1. The van der Waals surface area contributed by atoms with Gasteiger partial charge < -0.3 is 16.0 Å². The molecule has 5 nitrogen and oxygen atoms in total. The molecule has 0 bridgehead atoms. The standard InChI is InChI=1S/C13H22N4O.2ClH/c1-4-10(2)17(3)8-7-15-13(18)12-6-5-11(14)9-16-12;;/h5-6,9-10H,4,7-8,14H2,1-3H3,(H,15,18);2*1H. The van der Waals surface area contributed by atoms with Crippen LogP contribution in [0.3, 0.4) is 0 Å². The lowest BCUT2D eigenvalue weighted by molar-refractivity contribution is 0.0942. The van der Waals surface area contributed by atoms with Gasteiger partial charge in [-0.2, -0.15) is 0 Å². The summed E-state index contributed by atoms with van der Waals surface area (Å²) in [6, 6.07) is 3.83. The Morgan fingerprint density at radius 2 is 2.10 bits per heavy atom. The number of likely N-dealkylation sites (N-methyl/N-ethyl adjacent to an activating group) is 1. The van der Waals surface area contributed by atoms with Crippen LogP contribution in [-0.2, 0) is 0 Å². The topological polar surface area (TPSA) is 71.2 Å². The molecule has 0 aliphatic carbocycles. The molecule has 3 N–H and O–H groups in total. The first kappa shape index (κ1) is 21.3. The Hall–Kier alpha value is -1.04. The Balaban J connectivity index is 0. The maximum Gasteiger partial charge on any atom is 0.269 e. The van der Waals surface area contributed by atoms with Crippen molar-refractivity contribution < 1.29 is 4.79 Å². The van der Waals surface area contributed by atoms with Crippen molar-refractivity contribution in [3.63, 3.8) is 0 Å². The Labute approximate surface area is 133 Å². The van der Waals surface area contributed by atoms with Crippen molar-refractivity contribution in [2.75, 3.05) is 25.9 Å². The first-order valence-corrected chi connectivity index (χ1v) is 6.24. The molecule has 1 heterocycles. The molecule has 0 radical (unpaired) electrons. The fourth-order valence-electron chi connectivity index (χ4n) is 1.51. The fraction of sp³-hybridized carbons (Fsp3) is 0.538. The summed E-state index contributed by atoms with van der Waals surface area (Å²) in [6.07, 6.45) is 2.59. The van der Waals surface area contributed by atoms with Crippen LogP contribution in [0.1, 0.15) is 30.8 Å². The number of carbonyl (C=O) groups is 1. The largest absolute Gasteiger partial charge is 0.397 e. The lowest BCUT2D eigenvalue weighted by Gasteiger charge is -2.23. The van der Waals surface area contributed by atoms with Gasteiger partial charge in [0, 0.05) is 19.1 Å². The van der Waals surface area contributed by atoms with Crippen molar-refractivity contribution in [2.24, 2.45) is 0 Å². The zero-order valence-electron chi connectivity index (χ0n) is 12.1. The van der Waals surface area contributed by atoms with Gasteiger partial charge >= 0.3 is 0 Å². The summed E-state index contributed by atoms with van der Waals surface area (Å²) in [6.45, 7) is 5.77. The number of nitrogens with zero attached hydrogens (tertiary/aromatic N) is 2. The fourth-order valence-corrected chi connectivity index (χ4v) is 1.51. The summed E-state index contributed by atoms with van der Waals surface area (Å²) >= 11 is 0. The van der Waals surface area contributed by atoms with Gasteiger partial charge in [-0.3, -0.25) is 4.79 Å². The number of aromatic nitrogens is 1. The van der Waals surface area contributed by atoms with Crippen LogP contribution in [0.5, 0.6) is 0 Å². The van der Waals surface area contributed by atoms with Crippen LogP contribution in [-0.4, -0.2) is 42.0 Å². The molecule has 1 atom stereocenters. The molecular formula is C13H24Cl2N4O. The molecule has 0 aromatic carbocycles. The number of nitrogens with two attached hydrogens (primary N) is 1. The molecule has 0 fully saturated rings. The molecular weight excluding hydrogens is 299 g/mol. The van der Waals surface area contributed by atoms with Crippen molar-refractivity contribution in [2.45, 2.75) is 26.3 Å². The first-order valence-electron chi connectivity index (χ1n) is 6.24. The zero-order valence-corrected chi connectivity index (χ0v) is 13.8. The highest BCUT2D eigenvalue weighted by atomic mass is 35.5. The smallest absolute Gasteiger partial charge is 0.269 e. The predicted molar refractivity (Wildman–Crippen MR) is 87.9 cm³/mol. The normalized spacial score (nSPS) is 11.2. The number of anilines is 1. The summed E-state index contributed by atoms with van der Waals surface area (Å²) < 4.78 is 0. The van der Waals surface area contributed by atoms with E-state index in [2.05, 4.69) is 36.1 Å². The van der Waals surface area contributed by atoms with Crippen LogP contribution in [0.2, 0.25) is 0 Å². The number of pyridine rings is 1. The highest BCUT2D eigenvalue weighted by molar-refractivity contribution is 5.92. The van der Waals surface area contributed by atoms with Gasteiger partial charge in [0.25, 0.3) is 5.91 Å². The van der Waals surface area contributed by atoms with Gasteiger partial charge in [-0.15, -0.1) is 24.8 Å². The van der Waals surface area contributed by atoms with Crippen LogP contribution in [0.15, 0.2) is 18.3 Å². The van der Waals surface area contributed by atoms with Crippen molar-refractivity contribution >= 4 is 36.4 Å². The van der Waals surface area contributed by atoms with Crippen LogP contribution in [0, 0.1) is 0 Å². The lowest BCUT2D eigenvalue weighted by atomic mass is 10.2. The number of nitrogens with one attached hydrogen (secondary N) is 1. The van der Waals surface area contributed by atoms with Crippen molar-refractivity contribution in [1.29, 1.82) is 0 Å². The quantitative estimate of drug-likeness (QED) is 0.840. The van der Waals surface area contributed by atoms with Gasteiger partial charge in [0.15, 0.2) is 0 Å². The molecule has 116 valence electrons. The molecule has 1 unspecified atom stereocenters.